The molecule has 0 aliphatic heterocycles. The molecule has 0 spiro atoms. The van der Waals surface area contributed by atoms with Crippen LogP contribution in [0.4, 0.5) is 5.69 Å². The first kappa shape index (κ1) is 13.3. The second kappa shape index (κ2) is 5.04. The Morgan fingerprint density at radius 1 is 1.62 bits per heavy atom. The van der Waals surface area contributed by atoms with Gasteiger partial charge in [-0.15, -0.1) is 0 Å². The van der Waals surface area contributed by atoms with Crippen LogP contribution in [-0.4, -0.2) is 21.0 Å². The maximum atomic E-state index is 11.9. The fourth-order valence-corrected chi connectivity index (χ4v) is 2.25. The number of aromatic nitrogens is 2. The van der Waals surface area contributed by atoms with Crippen molar-refractivity contribution in [3.8, 4) is 0 Å². The van der Waals surface area contributed by atoms with Gasteiger partial charge in [0, 0.05) is 5.92 Å². The lowest BCUT2D eigenvalue weighted by atomic mass is 10.3. The second-order valence-corrected chi connectivity index (χ2v) is 5.19. The molecule has 8 heteroatoms. The maximum Gasteiger partial charge on any atom is 0.319 e. The fourth-order valence-electron chi connectivity index (χ4n) is 2.25. The number of carbonyl (C=O) groups is 1. The number of nitro groups is 1. The van der Waals surface area contributed by atoms with Crippen molar-refractivity contribution in [3.05, 3.63) is 45.7 Å². The van der Waals surface area contributed by atoms with Crippen LogP contribution in [-0.2, 0) is 6.54 Å². The van der Waals surface area contributed by atoms with Gasteiger partial charge in [-0.2, -0.15) is 5.10 Å². The Kier molecular flexibility index (Phi) is 3.20. The van der Waals surface area contributed by atoms with Crippen LogP contribution in [0.5, 0.6) is 0 Å². The molecule has 2 aromatic heterocycles. The molecule has 8 nitrogen and oxygen atoms in total. The minimum absolute atomic E-state index is 0.164. The zero-order valence-corrected chi connectivity index (χ0v) is 11.3. The van der Waals surface area contributed by atoms with Crippen LogP contribution in [0.2, 0.25) is 0 Å². The predicted octanol–water partition coefficient (Wildman–Crippen LogP) is 1.96. The van der Waals surface area contributed by atoms with Crippen LogP contribution in [0.25, 0.3) is 0 Å². The summed E-state index contributed by atoms with van der Waals surface area (Å²) < 4.78 is 5.65. The third kappa shape index (κ3) is 2.64. The summed E-state index contributed by atoms with van der Waals surface area (Å²) in [6, 6.07) is 3.72. The molecule has 110 valence electrons. The fraction of sp³-hybridized carbons (Fsp3) is 0.385. The molecule has 0 bridgehead atoms. The standard InChI is InChI=1S/C13H14N4O4/c1-7-4-9(7)11-3-2-8(21-11)5-14-13(18)12-10(17(19)20)6-15-16-12/h2-3,6-7,9H,4-5H2,1H3,(H,14,18)(H,15,16). The van der Waals surface area contributed by atoms with Crippen LogP contribution < -0.4 is 5.32 Å². The van der Waals surface area contributed by atoms with Crippen LogP contribution in [0.3, 0.4) is 0 Å². The summed E-state index contributed by atoms with van der Waals surface area (Å²) in [7, 11) is 0. The summed E-state index contributed by atoms with van der Waals surface area (Å²) in [6.45, 7) is 2.34. The highest BCUT2D eigenvalue weighted by molar-refractivity contribution is 5.95. The molecule has 2 N–H and O–H groups in total. The van der Waals surface area contributed by atoms with Gasteiger partial charge in [-0.05, 0) is 24.5 Å². The number of nitrogens with one attached hydrogen (secondary N) is 2. The molecule has 1 fully saturated rings. The number of amides is 1. The van der Waals surface area contributed by atoms with E-state index in [1.165, 1.54) is 0 Å². The van der Waals surface area contributed by atoms with E-state index in [9.17, 15) is 14.9 Å². The van der Waals surface area contributed by atoms with Gasteiger partial charge in [-0.1, -0.05) is 6.92 Å². The molecular weight excluding hydrogens is 276 g/mol. The summed E-state index contributed by atoms with van der Waals surface area (Å²) in [5.41, 5.74) is -0.512. The average Bonchev–Trinajstić information content (AvgIpc) is 2.90. The molecule has 2 unspecified atom stereocenters. The molecule has 2 heterocycles. The van der Waals surface area contributed by atoms with Crippen molar-refractivity contribution >= 4 is 11.6 Å². The lowest BCUT2D eigenvalue weighted by Gasteiger charge is -2.01. The Hall–Kier alpha value is -2.64. The third-order valence-corrected chi connectivity index (χ3v) is 3.62. The molecule has 1 aliphatic carbocycles. The molecule has 2 atom stereocenters. The summed E-state index contributed by atoms with van der Waals surface area (Å²) in [6.07, 6.45) is 2.13. The van der Waals surface area contributed by atoms with Gasteiger partial charge in [0.1, 0.15) is 17.7 Å². The number of hydrogen-bond acceptors (Lipinski definition) is 5. The highest BCUT2D eigenvalue weighted by Crippen LogP contribution is 2.47. The van der Waals surface area contributed by atoms with Crippen molar-refractivity contribution < 1.29 is 14.1 Å². The second-order valence-electron chi connectivity index (χ2n) is 5.19. The number of hydrogen-bond donors (Lipinski definition) is 2. The Balaban J connectivity index is 1.62. The molecule has 1 saturated carbocycles. The largest absolute Gasteiger partial charge is 0.464 e. The number of carbonyl (C=O) groups excluding carboxylic acids is 1. The van der Waals surface area contributed by atoms with E-state index in [2.05, 4.69) is 22.4 Å². The minimum Gasteiger partial charge on any atom is -0.464 e. The van der Waals surface area contributed by atoms with Gasteiger partial charge in [0.2, 0.25) is 5.69 Å². The summed E-state index contributed by atoms with van der Waals surface area (Å²) in [4.78, 5) is 22.0. The smallest absolute Gasteiger partial charge is 0.319 e. The van der Waals surface area contributed by atoms with Crippen molar-refractivity contribution in [2.45, 2.75) is 25.8 Å². The van der Waals surface area contributed by atoms with Crippen molar-refractivity contribution in [1.82, 2.24) is 15.5 Å². The van der Waals surface area contributed by atoms with E-state index in [1.54, 1.807) is 0 Å². The van der Waals surface area contributed by atoms with Crippen LogP contribution in [0.1, 0.15) is 41.3 Å². The molecule has 3 rings (SSSR count). The molecule has 21 heavy (non-hydrogen) atoms. The number of aromatic amines is 1. The summed E-state index contributed by atoms with van der Waals surface area (Å²) in [5.74, 6) is 2.09. The molecule has 1 aliphatic rings. The summed E-state index contributed by atoms with van der Waals surface area (Å²) in [5, 5.41) is 19.1. The number of rotatable bonds is 5. The van der Waals surface area contributed by atoms with Gasteiger partial charge in [0.05, 0.1) is 11.5 Å². The highest BCUT2D eigenvalue weighted by Gasteiger charge is 2.36. The first-order valence-corrected chi connectivity index (χ1v) is 6.61. The SMILES string of the molecule is CC1CC1c1ccc(CNC(=O)c2[nH]ncc2[N+](=O)[O-])o1. The van der Waals surface area contributed by atoms with E-state index >= 15 is 0 Å². The van der Waals surface area contributed by atoms with Gasteiger partial charge in [-0.3, -0.25) is 20.0 Å². The van der Waals surface area contributed by atoms with Gasteiger partial charge in [0.15, 0.2) is 0 Å². The Morgan fingerprint density at radius 2 is 2.38 bits per heavy atom. The Bertz CT molecular complexity index is 690. The minimum atomic E-state index is -0.655. The maximum absolute atomic E-state index is 11.9. The van der Waals surface area contributed by atoms with Gasteiger partial charge < -0.3 is 9.73 Å². The van der Waals surface area contributed by atoms with Crippen LogP contribution in [0.15, 0.2) is 22.7 Å². The van der Waals surface area contributed by atoms with Gasteiger partial charge >= 0.3 is 5.69 Å². The third-order valence-electron chi connectivity index (χ3n) is 3.62. The first-order chi connectivity index (χ1) is 10.1. The molecule has 1 amide bonds. The van der Waals surface area contributed by atoms with Crippen molar-refractivity contribution in [1.29, 1.82) is 0 Å². The van der Waals surface area contributed by atoms with E-state index in [-0.39, 0.29) is 17.9 Å². The number of nitrogens with zero attached hydrogens (tertiary/aromatic N) is 2. The topological polar surface area (TPSA) is 114 Å². The van der Waals surface area contributed by atoms with Gasteiger partial charge in [-0.25, -0.2) is 0 Å². The highest BCUT2D eigenvalue weighted by atomic mass is 16.6. The zero-order valence-electron chi connectivity index (χ0n) is 11.3. The van der Waals surface area contributed by atoms with E-state index < -0.39 is 10.8 Å². The normalized spacial score (nSPS) is 20.2. The number of furan rings is 1. The van der Waals surface area contributed by atoms with E-state index in [4.69, 9.17) is 4.42 Å². The van der Waals surface area contributed by atoms with Crippen molar-refractivity contribution in [2.24, 2.45) is 5.92 Å². The lowest BCUT2D eigenvalue weighted by Crippen LogP contribution is -2.23. The molecule has 2 aromatic rings. The van der Waals surface area contributed by atoms with E-state index in [0.717, 1.165) is 18.4 Å². The molecule has 0 radical (unpaired) electrons. The van der Waals surface area contributed by atoms with Crippen molar-refractivity contribution in [3.63, 3.8) is 0 Å². The predicted molar refractivity (Wildman–Crippen MR) is 71.6 cm³/mol. The number of H-pyrrole nitrogens is 1. The van der Waals surface area contributed by atoms with E-state index in [0.29, 0.717) is 17.6 Å². The quantitative estimate of drug-likeness (QED) is 0.645. The van der Waals surface area contributed by atoms with E-state index in [1.807, 2.05) is 12.1 Å². The zero-order chi connectivity index (χ0) is 15.0. The molecule has 0 aromatic carbocycles. The monoisotopic (exact) mass is 290 g/mol. The Labute approximate surface area is 119 Å². The average molecular weight is 290 g/mol. The molecule has 0 saturated heterocycles. The summed E-state index contributed by atoms with van der Waals surface area (Å²) >= 11 is 0. The lowest BCUT2D eigenvalue weighted by molar-refractivity contribution is -0.385. The van der Waals surface area contributed by atoms with Gasteiger partial charge in [0.25, 0.3) is 5.91 Å². The van der Waals surface area contributed by atoms with Crippen LogP contribution >= 0.6 is 0 Å². The Morgan fingerprint density at radius 3 is 3.05 bits per heavy atom. The van der Waals surface area contributed by atoms with Crippen LogP contribution in [0, 0.1) is 16.0 Å². The first-order valence-electron chi connectivity index (χ1n) is 6.61. The van der Waals surface area contributed by atoms with Crippen molar-refractivity contribution in [2.75, 3.05) is 0 Å². The molecular formula is C13H14N4O4.